The van der Waals surface area contributed by atoms with Crippen LogP contribution in [-0.2, 0) is 12.5 Å². The second-order valence-corrected chi connectivity index (χ2v) is 7.85. The minimum atomic E-state index is 0.170. The summed E-state index contributed by atoms with van der Waals surface area (Å²) in [4.78, 5) is 0. The molecule has 2 aromatic rings. The largest absolute Gasteiger partial charge is 0.212 e. The zero-order valence-electron chi connectivity index (χ0n) is 15.4. The lowest BCUT2D eigenvalue weighted by Crippen LogP contribution is -2.31. The van der Waals surface area contributed by atoms with Gasteiger partial charge < -0.3 is 0 Å². The van der Waals surface area contributed by atoms with Gasteiger partial charge in [0.05, 0.1) is 0 Å². The van der Waals surface area contributed by atoms with E-state index in [1.807, 2.05) is 0 Å². The highest BCUT2D eigenvalue weighted by atomic mass is 14.9. The van der Waals surface area contributed by atoms with Crippen LogP contribution in [0.4, 0.5) is 0 Å². The first-order valence-electron chi connectivity index (χ1n) is 8.23. The zero-order valence-corrected chi connectivity index (χ0v) is 15.4. The molecule has 1 nitrogen and oxygen atoms in total. The molecule has 0 aliphatic rings. The lowest BCUT2D eigenvalue weighted by Gasteiger charge is -2.23. The number of hydrogen-bond donors (Lipinski definition) is 0. The predicted octanol–water partition coefficient (Wildman–Crippen LogP) is 5.22. The second-order valence-electron chi connectivity index (χ2n) is 7.85. The standard InChI is InChI=1S/C21H30N/c1-14(2)17-9-10-20(22(8)13-17)18-12-19(21(5,6)7)16(4)11-15(18)3/h9-14H,1-8H3/q+1. The fourth-order valence-electron chi connectivity index (χ4n) is 3.19. The van der Waals surface area contributed by atoms with Gasteiger partial charge in [0.1, 0.15) is 7.05 Å². The van der Waals surface area contributed by atoms with Gasteiger partial charge in [0, 0.05) is 17.2 Å². The molecule has 0 aliphatic carbocycles. The topological polar surface area (TPSA) is 3.88 Å². The maximum absolute atomic E-state index is 2.38. The predicted molar refractivity (Wildman–Crippen MR) is 95.3 cm³/mol. The van der Waals surface area contributed by atoms with Crippen molar-refractivity contribution in [3.8, 4) is 11.3 Å². The highest BCUT2D eigenvalue weighted by molar-refractivity contribution is 5.64. The van der Waals surface area contributed by atoms with Gasteiger partial charge >= 0.3 is 0 Å². The summed E-state index contributed by atoms with van der Waals surface area (Å²) >= 11 is 0. The minimum absolute atomic E-state index is 0.170. The first kappa shape index (κ1) is 16.7. The van der Waals surface area contributed by atoms with Crippen molar-refractivity contribution in [2.24, 2.45) is 7.05 Å². The SMILES string of the molecule is Cc1cc(C)c(C(C)(C)C)cc1-c1ccc(C(C)C)c[n+]1C. The number of rotatable bonds is 2. The van der Waals surface area contributed by atoms with Gasteiger partial charge in [0.25, 0.3) is 0 Å². The normalized spacial score (nSPS) is 12.0. The molecule has 2 rings (SSSR count). The van der Waals surface area contributed by atoms with E-state index < -0.39 is 0 Å². The Hall–Kier alpha value is -1.63. The molecule has 0 saturated heterocycles. The second kappa shape index (κ2) is 5.87. The summed E-state index contributed by atoms with van der Waals surface area (Å²) < 4.78 is 2.26. The van der Waals surface area contributed by atoms with Crippen molar-refractivity contribution in [1.82, 2.24) is 0 Å². The van der Waals surface area contributed by atoms with Gasteiger partial charge in [-0.05, 0) is 54.0 Å². The van der Waals surface area contributed by atoms with Gasteiger partial charge in [-0.3, -0.25) is 0 Å². The molecular formula is C21H30N+. The average Bonchev–Trinajstić information content (AvgIpc) is 2.37. The maximum atomic E-state index is 2.38. The smallest absolute Gasteiger partial charge is 0.201 e. The Kier molecular flexibility index (Phi) is 4.47. The molecule has 0 atom stereocenters. The number of aryl methyl sites for hydroxylation is 3. The molecule has 1 heteroatoms. The quantitative estimate of drug-likeness (QED) is 0.669. The van der Waals surface area contributed by atoms with Crippen molar-refractivity contribution in [2.45, 2.75) is 59.8 Å². The third-order valence-electron chi connectivity index (χ3n) is 4.48. The molecule has 118 valence electrons. The molecular weight excluding hydrogens is 266 g/mol. The van der Waals surface area contributed by atoms with Crippen molar-refractivity contribution in [2.75, 3.05) is 0 Å². The van der Waals surface area contributed by atoms with Crippen LogP contribution >= 0.6 is 0 Å². The molecule has 0 radical (unpaired) electrons. The summed E-state index contributed by atoms with van der Waals surface area (Å²) in [5.74, 6) is 0.560. The Morgan fingerprint density at radius 1 is 0.955 bits per heavy atom. The average molecular weight is 296 g/mol. The van der Waals surface area contributed by atoms with E-state index in [0.29, 0.717) is 5.92 Å². The van der Waals surface area contributed by atoms with E-state index in [9.17, 15) is 0 Å². The van der Waals surface area contributed by atoms with Gasteiger partial charge in [-0.1, -0.05) is 40.7 Å². The Morgan fingerprint density at radius 2 is 1.59 bits per heavy atom. The van der Waals surface area contributed by atoms with Gasteiger partial charge in [-0.15, -0.1) is 0 Å². The van der Waals surface area contributed by atoms with Crippen LogP contribution in [0.5, 0.6) is 0 Å². The van der Waals surface area contributed by atoms with Crippen molar-refractivity contribution in [3.05, 3.63) is 52.7 Å². The van der Waals surface area contributed by atoms with E-state index in [-0.39, 0.29) is 5.41 Å². The lowest BCUT2D eigenvalue weighted by molar-refractivity contribution is -0.660. The number of benzene rings is 1. The number of hydrogen-bond acceptors (Lipinski definition) is 0. The highest BCUT2D eigenvalue weighted by Crippen LogP contribution is 2.32. The summed E-state index contributed by atoms with van der Waals surface area (Å²) in [5, 5.41) is 0. The Balaban J connectivity index is 2.63. The molecule has 0 amide bonds. The molecule has 0 N–H and O–H groups in total. The maximum Gasteiger partial charge on any atom is 0.212 e. The summed E-state index contributed by atoms with van der Waals surface area (Å²) in [6, 6.07) is 9.23. The van der Waals surface area contributed by atoms with Crippen LogP contribution in [0, 0.1) is 13.8 Å². The molecule has 0 unspecified atom stereocenters. The molecule has 1 aromatic carbocycles. The summed E-state index contributed by atoms with van der Waals surface area (Å²) in [6.45, 7) is 15.8. The van der Waals surface area contributed by atoms with Crippen LogP contribution in [0.25, 0.3) is 11.3 Å². The monoisotopic (exact) mass is 296 g/mol. The van der Waals surface area contributed by atoms with Gasteiger partial charge in [-0.2, -0.15) is 0 Å². The summed E-state index contributed by atoms with van der Waals surface area (Å²) in [7, 11) is 2.15. The van der Waals surface area contributed by atoms with Crippen LogP contribution in [-0.4, -0.2) is 0 Å². The zero-order chi connectivity index (χ0) is 16.7. The van der Waals surface area contributed by atoms with Crippen LogP contribution in [0.15, 0.2) is 30.5 Å². The van der Waals surface area contributed by atoms with Crippen LogP contribution in [0.3, 0.4) is 0 Å². The molecule has 0 aliphatic heterocycles. The molecule has 1 heterocycles. The molecule has 0 bridgehead atoms. The number of aromatic nitrogens is 1. The third kappa shape index (κ3) is 3.24. The lowest BCUT2D eigenvalue weighted by atomic mass is 9.81. The first-order valence-corrected chi connectivity index (χ1v) is 8.23. The summed E-state index contributed by atoms with van der Waals surface area (Å²) in [5.41, 5.74) is 8.34. The molecule has 22 heavy (non-hydrogen) atoms. The molecule has 1 aromatic heterocycles. The van der Waals surface area contributed by atoms with Crippen molar-refractivity contribution in [1.29, 1.82) is 0 Å². The Bertz CT molecular complexity index is 688. The van der Waals surface area contributed by atoms with E-state index in [1.165, 1.54) is 33.5 Å². The molecule has 0 fully saturated rings. The third-order valence-corrected chi connectivity index (χ3v) is 4.48. The van der Waals surface area contributed by atoms with Crippen LogP contribution < -0.4 is 4.57 Å². The van der Waals surface area contributed by atoms with Crippen molar-refractivity contribution in [3.63, 3.8) is 0 Å². The number of pyridine rings is 1. The Morgan fingerprint density at radius 3 is 2.09 bits per heavy atom. The highest BCUT2D eigenvalue weighted by Gasteiger charge is 2.21. The van der Waals surface area contributed by atoms with Crippen LogP contribution in [0.2, 0.25) is 0 Å². The fourth-order valence-corrected chi connectivity index (χ4v) is 3.19. The van der Waals surface area contributed by atoms with Gasteiger partial charge in [0.15, 0.2) is 6.20 Å². The van der Waals surface area contributed by atoms with Crippen molar-refractivity contribution >= 4 is 0 Å². The molecule has 0 saturated carbocycles. The summed E-state index contributed by atoms with van der Waals surface area (Å²) in [6.07, 6.45) is 2.26. The van der Waals surface area contributed by atoms with E-state index >= 15 is 0 Å². The Labute approximate surface area is 136 Å². The van der Waals surface area contributed by atoms with E-state index in [0.717, 1.165) is 0 Å². The number of nitrogens with zero attached hydrogens (tertiary/aromatic N) is 1. The van der Waals surface area contributed by atoms with E-state index in [1.54, 1.807) is 0 Å². The first-order chi connectivity index (χ1) is 10.1. The minimum Gasteiger partial charge on any atom is -0.201 e. The van der Waals surface area contributed by atoms with E-state index in [2.05, 4.69) is 90.5 Å². The van der Waals surface area contributed by atoms with Gasteiger partial charge in [-0.25, -0.2) is 4.57 Å². The van der Waals surface area contributed by atoms with E-state index in [4.69, 9.17) is 0 Å². The fraction of sp³-hybridized carbons (Fsp3) is 0.476. The van der Waals surface area contributed by atoms with Crippen LogP contribution in [0.1, 0.15) is 62.8 Å². The molecule has 0 spiro atoms. The van der Waals surface area contributed by atoms with Gasteiger partial charge in [0.2, 0.25) is 5.69 Å². The van der Waals surface area contributed by atoms with Crippen molar-refractivity contribution < 1.29 is 4.57 Å².